The minimum absolute atomic E-state index is 0.0636. The van der Waals surface area contributed by atoms with Gasteiger partial charge in [-0.15, -0.1) is 4.83 Å². The summed E-state index contributed by atoms with van der Waals surface area (Å²) in [5.74, 6) is -0.00789. The molecule has 0 atom stereocenters. The first-order chi connectivity index (χ1) is 10.4. The van der Waals surface area contributed by atoms with Gasteiger partial charge in [-0.1, -0.05) is 23.7 Å². The number of methoxy groups -OCH3 is 1. The first kappa shape index (κ1) is 16.3. The van der Waals surface area contributed by atoms with E-state index in [0.717, 1.165) is 0 Å². The lowest BCUT2D eigenvalue weighted by atomic mass is 10.2. The van der Waals surface area contributed by atoms with Gasteiger partial charge in [-0.3, -0.25) is 10.2 Å². The van der Waals surface area contributed by atoms with Gasteiger partial charge in [0, 0.05) is 5.56 Å². The zero-order valence-corrected chi connectivity index (χ0v) is 13.1. The summed E-state index contributed by atoms with van der Waals surface area (Å²) in [5.41, 5.74) is 2.41. The number of nitrogens with one attached hydrogen (secondary N) is 2. The quantitative estimate of drug-likeness (QED) is 0.815. The summed E-state index contributed by atoms with van der Waals surface area (Å²) in [6, 6.07) is 12.1. The SMILES string of the molecule is COc1ccc(C(=O)NNS(=O)(=O)c2ccccc2Cl)cc1. The molecule has 6 nitrogen and oxygen atoms in total. The molecule has 116 valence electrons. The van der Waals surface area contributed by atoms with Crippen LogP contribution in [0.5, 0.6) is 5.75 Å². The van der Waals surface area contributed by atoms with E-state index in [0.29, 0.717) is 5.75 Å². The van der Waals surface area contributed by atoms with Gasteiger partial charge in [0.15, 0.2) is 0 Å². The van der Waals surface area contributed by atoms with E-state index < -0.39 is 15.9 Å². The molecule has 0 aliphatic heterocycles. The van der Waals surface area contributed by atoms with Gasteiger partial charge >= 0.3 is 0 Å². The first-order valence-electron chi connectivity index (χ1n) is 6.15. The summed E-state index contributed by atoms with van der Waals surface area (Å²) in [6.07, 6.45) is 0. The third-order valence-electron chi connectivity index (χ3n) is 2.78. The minimum atomic E-state index is -3.95. The zero-order chi connectivity index (χ0) is 16.2. The van der Waals surface area contributed by atoms with Gasteiger partial charge in [-0.05, 0) is 36.4 Å². The van der Waals surface area contributed by atoms with Crippen molar-refractivity contribution in [1.82, 2.24) is 10.3 Å². The molecule has 0 unspecified atom stereocenters. The van der Waals surface area contributed by atoms with Crippen LogP contribution in [-0.2, 0) is 10.0 Å². The normalized spacial score (nSPS) is 11.0. The lowest BCUT2D eigenvalue weighted by Gasteiger charge is -2.09. The van der Waals surface area contributed by atoms with Crippen molar-refractivity contribution in [2.45, 2.75) is 4.90 Å². The van der Waals surface area contributed by atoms with Crippen LogP contribution in [0.25, 0.3) is 0 Å². The van der Waals surface area contributed by atoms with E-state index >= 15 is 0 Å². The molecule has 0 fully saturated rings. The maximum Gasteiger partial charge on any atom is 0.266 e. The van der Waals surface area contributed by atoms with Gasteiger partial charge in [0.2, 0.25) is 0 Å². The molecule has 0 aliphatic carbocycles. The lowest BCUT2D eigenvalue weighted by molar-refractivity contribution is 0.0945. The fourth-order valence-electron chi connectivity index (χ4n) is 1.65. The molecule has 22 heavy (non-hydrogen) atoms. The Kier molecular flexibility index (Phi) is 5.02. The van der Waals surface area contributed by atoms with Crippen LogP contribution in [0.2, 0.25) is 5.02 Å². The zero-order valence-electron chi connectivity index (χ0n) is 11.5. The number of carbonyl (C=O) groups excluding carboxylic acids is 1. The summed E-state index contributed by atoms with van der Waals surface area (Å²) >= 11 is 5.83. The Bertz CT molecular complexity index is 776. The average molecular weight is 341 g/mol. The Morgan fingerprint density at radius 1 is 1.09 bits per heavy atom. The predicted octanol–water partition coefficient (Wildman–Crippen LogP) is 1.97. The second-order valence-electron chi connectivity index (χ2n) is 4.22. The number of amides is 1. The molecule has 2 N–H and O–H groups in total. The van der Waals surface area contributed by atoms with E-state index in [9.17, 15) is 13.2 Å². The van der Waals surface area contributed by atoms with Crippen LogP contribution < -0.4 is 15.0 Å². The van der Waals surface area contributed by atoms with E-state index in [1.807, 2.05) is 4.83 Å². The molecular formula is C14H13ClN2O4S. The van der Waals surface area contributed by atoms with Crippen LogP contribution in [-0.4, -0.2) is 21.4 Å². The number of ether oxygens (including phenoxy) is 1. The van der Waals surface area contributed by atoms with Gasteiger partial charge in [-0.2, -0.15) is 0 Å². The highest BCUT2D eigenvalue weighted by molar-refractivity contribution is 7.89. The highest BCUT2D eigenvalue weighted by Gasteiger charge is 2.18. The minimum Gasteiger partial charge on any atom is -0.497 e. The molecule has 0 saturated heterocycles. The van der Waals surface area contributed by atoms with Crippen molar-refractivity contribution in [3.05, 3.63) is 59.1 Å². The van der Waals surface area contributed by atoms with Crippen molar-refractivity contribution in [2.24, 2.45) is 0 Å². The molecule has 0 spiro atoms. The van der Waals surface area contributed by atoms with Gasteiger partial charge < -0.3 is 4.74 Å². The van der Waals surface area contributed by atoms with Gasteiger partial charge in [0.05, 0.1) is 12.1 Å². The largest absolute Gasteiger partial charge is 0.497 e. The predicted molar refractivity (Wildman–Crippen MR) is 82.2 cm³/mol. The average Bonchev–Trinajstić information content (AvgIpc) is 2.53. The van der Waals surface area contributed by atoms with Crippen LogP contribution in [0.1, 0.15) is 10.4 Å². The number of hydrogen-bond acceptors (Lipinski definition) is 4. The smallest absolute Gasteiger partial charge is 0.266 e. The van der Waals surface area contributed by atoms with Crippen molar-refractivity contribution in [1.29, 1.82) is 0 Å². The second-order valence-corrected chi connectivity index (χ2v) is 6.28. The topological polar surface area (TPSA) is 84.5 Å². The van der Waals surface area contributed by atoms with Gasteiger partial charge in [0.25, 0.3) is 15.9 Å². The maximum absolute atomic E-state index is 12.1. The van der Waals surface area contributed by atoms with E-state index in [4.69, 9.17) is 16.3 Å². The van der Waals surface area contributed by atoms with Crippen LogP contribution in [0.15, 0.2) is 53.4 Å². The summed E-state index contributed by atoms with van der Waals surface area (Å²) in [5, 5.41) is 0.0636. The molecule has 0 aliphatic rings. The summed E-state index contributed by atoms with van der Waals surface area (Å²) in [7, 11) is -2.44. The Morgan fingerprint density at radius 2 is 1.73 bits per heavy atom. The Morgan fingerprint density at radius 3 is 2.32 bits per heavy atom. The Hall–Kier alpha value is -2.09. The fourth-order valence-corrected chi connectivity index (χ4v) is 3.01. The molecule has 0 aromatic heterocycles. The Labute approximate surface area is 133 Å². The monoisotopic (exact) mass is 340 g/mol. The fraction of sp³-hybridized carbons (Fsp3) is 0.0714. The number of rotatable bonds is 5. The lowest BCUT2D eigenvalue weighted by Crippen LogP contribution is -2.41. The van der Waals surface area contributed by atoms with Crippen LogP contribution >= 0.6 is 11.6 Å². The number of halogens is 1. The molecule has 8 heteroatoms. The summed E-state index contributed by atoms with van der Waals surface area (Å²) < 4.78 is 29.1. The molecule has 0 saturated carbocycles. The summed E-state index contributed by atoms with van der Waals surface area (Å²) in [4.78, 5) is 13.8. The number of hydrazine groups is 1. The van der Waals surface area contributed by atoms with Crippen LogP contribution in [0, 0.1) is 0 Å². The van der Waals surface area contributed by atoms with Crippen molar-refractivity contribution in [2.75, 3.05) is 7.11 Å². The first-order valence-corrected chi connectivity index (χ1v) is 8.01. The number of benzene rings is 2. The molecule has 0 bridgehead atoms. The standard InChI is InChI=1S/C14H13ClN2O4S/c1-21-11-8-6-10(7-9-11)14(18)16-17-22(19,20)13-5-3-2-4-12(13)15/h2-9,17H,1H3,(H,16,18). The third-order valence-corrected chi connectivity index (χ3v) is 4.52. The number of sulfonamides is 1. The molecule has 1 amide bonds. The Balaban J connectivity index is 2.08. The molecule has 0 heterocycles. The molecule has 2 rings (SSSR count). The van der Waals surface area contributed by atoms with E-state index in [2.05, 4.69) is 5.43 Å². The van der Waals surface area contributed by atoms with Gasteiger partial charge in [0.1, 0.15) is 10.6 Å². The summed E-state index contributed by atoms with van der Waals surface area (Å²) in [6.45, 7) is 0. The molecule has 2 aromatic rings. The van der Waals surface area contributed by atoms with Crippen LogP contribution in [0.4, 0.5) is 0 Å². The van der Waals surface area contributed by atoms with Gasteiger partial charge in [-0.25, -0.2) is 8.42 Å². The third kappa shape index (κ3) is 3.76. The highest BCUT2D eigenvalue weighted by Crippen LogP contribution is 2.19. The maximum atomic E-state index is 12.1. The van der Waals surface area contributed by atoms with E-state index in [1.54, 1.807) is 18.2 Å². The van der Waals surface area contributed by atoms with Crippen molar-refractivity contribution >= 4 is 27.5 Å². The number of hydrogen-bond donors (Lipinski definition) is 2. The van der Waals surface area contributed by atoms with Crippen molar-refractivity contribution in [3.63, 3.8) is 0 Å². The van der Waals surface area contributed by atoms with E-state index in [1.165, 1.54) is 37.4 Å². The van der Waals surface area contributed by atoms with Crippen molar-refractivity contribution < 1.29 is 17.9 Å². The number of carbonyl (C=O) groups is 1. The molecule has 2 aromatic carbocycles. The molecular weight excluding hydrogens is 328 g/mol. The van der Waals surface area contributed by atoms with Crippen LogP contribution in [0.3, 0.4) is 0 Å². The van der Waals surface area contributed by atoms with E-state index in [-0.39, 0.29) is 15.5 Å². The van der Waals surface area contributed by atoms with Crippen molar-refractivity contribution in [3.8, 4) is 5.75 Å². The highest BCUT2D eigenvalue weighted by atomic mass is 35.5. The molecule has 0 radical (unpaired) electrons. The second kappa shape index (κ2) is 6.78.